The van der Waals surface area contributed by atoms with Crippen LogP contribution in [0.1, 0.15) is 17.2 Å². The summed E-state index contributed by atoms with van der Waals surface area (Å²) in [4.78, 5) is 4.39. The van der Waals surface area contributed by atoms with Gasteiger partial charge in [0.25, 0.3) is 0 Å². The molecule has 1 heterocycles. The predicted octanol–water partition coefficient (Wildman–Crippen LogP) is 5.13. The van der Waals surface area contributed by atoms with Crippen LogP contribution in [-0.2, 0) is 6.42 Å². The van der Waals surface area contributed by atoms with E-state index in [-0.39, 0.29) is 6.04 Å². The molecule has 1 aliphatic heterocycles. The fourth-order valence-corrected chi connectivity index (χ4v) is 3.44. The second-order valence-electron chi connectivity index (χ2n) is 5.44. The Morgan fingerprint density at radius 1 is 1.08 bits per heavy atom. The molecule has 7 heteroatoms. The molecule has 3 nitrogen and oxygen atoms in total. The molecule has 0 amide bonds. The third-order valence-corrected chi connectivity index (χ3v) is 5.21. The molecular weight excluding hydrogens is 388 g/mol. The van der Waals surface area contributed by atoms with E-state index in [1.807, 2.05) is 18.2 Å². The number of halogens is 4. The van der Waals surface area contributed by atoms with Crippen LogP contribution in [0.2, 0.25) is 20.1 Å². The summed E-state index contributed by atoms with van der Waals surface area (Å²) in [5, 5.41) is 8.93. The molecule has 0 aromatic heterocycles. The number of hydrogen-bond acceptors (Lipinski definition) is 3. The van der Waals surface area contributed by atoms with Gasteiger partial charge >= 0.3 is 0 Å². The van der Waals surface area contributed by atoms with Crippen LogP contribution in [0.25, 0.3) is 0 Å². The number of nitrogens with zero attached hydrogens (tertiary/aromatic N) is 1. The molecule has 2 aromatic rings. The van der Waals surface area contributed by atoms with Crippen molar-refractivity contribution in [2.75, 3.05) is 13.1 Å². The highest BCUT2D eigenvalue weighted by Crippen LogP contribution is 2.33. The lowest BCUT2D eigenvalue weighted by molar-refractivity contribution is 0.634. The van der Waals surface area contributed by atoms with Gasteiger partial charge in [0.05, 0.1) is 22.6 Å². The van der Waals surface area contributed by atoms with E-state index >= 15 is 0 Å². The third kappa shape index (κ3) is 4.09. The summed E-state index contributed by atoms with van der Waals surface area (Å²) in [7, 11) is 0. The van der Waals surface area contributed by atoms with Crippen molar-refractivity contribution in [3.8, 4) is 0 Å². The number of benzene rings is 2. The lowest BCUT2D eigenvalue weighted by Crippen LogP contribution is -2.37. The Morgan fingerprint density at radius 3 is 2.67 bits per heavy atom. The second kappa shape index (κ2) is 7.83. The Hall–Kier alpha value is -1.13. The normalized spacial score (nSPS) is 14.9. The molecule has 0 aliphatic carbocycles. The minimum atomic E-state index is -0.142. The summed E-state index contributed by atoms with van der Waals surface area (Å²) in [5.74, 6) is 0.745. The summed E-state index contributed by atoms with van der Waals surface area (Å²) < 4.78 is 0. The monoisotopic (exact) mass is 401 g/mol. The first kappa shape index (κ1) is 17.7. The third-order valence-electron chi connectivity index (χ3n) is 3.77. The first-order chi connectivity index (χ1) is 11.5. The first-order valence-electron chi connectivity index (χ1n) is 7.47. The van der Waals surface area contributed by atoms with Gasteiger partial charge in [-0.15, -0.1) is 0 Å². The summed E-state index contributed by atoms with van der Waals surface area (Å²) in [6, 6.07) is 10.9. The van der Waals surface area contributed by atoms with Crippen molar-refractivity contribution in [2.24, 2.45) is 4.99 Å². The van der Waals surface area contributed by atoms with Crippen LogP contribution in [0.3, 0.4) is 0 Å². The Labute approximate surface area is 161 Å². The molecule has 0 spiro atoms. The molecule has 0 radical (unpaired) electrons. The van der Waals surface area contributed by atoms with E-state index in [2.05, 4.69) is 15.6 Å². The molecule has 0 saturated carbocycles. The molecule has 0 saturated heterocycles. The van der Waals surface area contributed by atoms with Crippen molar-refractivity contribution in [1.29, 1.82) is 0 Å². The van der Waals surface area contributed by atoms with Gasteiger partial charge in [0, 0.05) is 16.6 Å². The van der Waals surface area contributed by atoms with Gasteiger partial charge in [-0.1, -0.05) is 58.5 Å². The van der Waals surface area contributed by atoms with E-state index in [0.29, 0.717) is 26.5 Å². The molecule has 1 aliphatic rings. The van der Waals surface area contributed by atoms with Crippen LogP contribution in [0, 0.1) is 0 Å². The highest BCUT2D eigenvalue weighted by atomic mass is 35.5. The van der Waals surface area contributed by atoms with E-state index < -0.39 is 0 Å². The summed E-state index contributed by atoms with van der Waals surface area (Å²) in [5.41, 5.74) is 1.81. The fraction of sp³-hybridized carbons (Fsp3) is 0.235. The zero-order valence-electron chi connectivity index (χ0n) is 12.6. The number of nitrogens with one attached hydrogen (secondary N) is 2. The Balaban J connectivity index is 1.95. The number of aliphatic imine (C=N–C) groups is 1. The largest absolute Gasteiger partial charge is 0.355 e. The van der Waals surface area contributed by atoms with Gasteiger partial charge in [0.15, 0.2) is 5.96 Å². The molecule has 2 aromatic carbocycles. The lowest BCUT2D eigenvalue weighted by Gasteiger charge is -2.22. The van der Waals surface area contributed by atoms with Crippen LogP contribution >= 0.6 is 46.4 Å². The average molecular weight is 403 g/mol. The molecule has 0 bridgehead atoms. The maximum atomic E-state index is 6.42. The molecule has 24 heavy (non-hydrogen) atoms. The van der Waals surface area contributed by atoms with Crippen LogP contribution < -0.4 is 10.6 Å². The van der Waals surface area contributed by atoms with Crippen molar-refractivity contribution in [3.63, 3.8) is 0 Å². The Kier molecular flexibility index (Phi) is 5.77. The number of guanidine groups is 1. The lowest BCUT2D eigenvalue weighted by atomic mass is 9.98. The molecule has 126 valence electrons. The van der Waals surface area contributed by atoms with E-state index in [1.54, 1.807) is 18.2 Å². The van der Waals surface area contributed by atoms with Gasteiger partial charge in [-0.3, -0.25) is 4.99 Å². The molecule has 0 fully saturated rings. The standard InChI is InChI=1S/C17H15Cl4N3/c18-11-4-5-13(19)10(8-11)9-15(24-17-22-6-7-23-17)12-2-1-3-14(20)16(12)21/h1-5,8,15H,6-7,9H2,(H2,22,23,24). The molecular formula is C17H15Cl4N3. The van der Waals surface area contributed by atoms with Gasteiger partial charge < -0.3 is 10.6 Å². The van der Waals surface area contributed by atoms with Crippen molar-refractivity contribution < 1.29 is 0 Å². The van der Waals surface area contributed by atoms with Gasteiger partial charge in [-0.25, -0.2) is 0 Å². The summed E-state index contributed by atoms with van der Waals surface area (Å²) >= 11 is 25.0. The quantitative estimate of drug-likeness (QED) is 0.743. The van der Waals surface area contributed by atoms with Crippen LogP contribution in [0.15, 0.2) is 41.4 Å². The van der Waals surface area contributed by atoms with Crippen LogP contribution in [0.4, 0.5) is 0 Å². The van der Waals surface area contributed by atoms with Crippen molar-refractivity contribution in [3.05, 3.63) is 67.6 Å². The topological polar surface area (TPSA) is 36.4 Å². The molecule has 2 N–H and O–H groups in total. The fourth-order valence-electron chi connectivity index (χ4n) is 2.61. The van der Waals surface area contributed by atoms with Gasteiger partial charge in [-0.2, -0.15) is 0 Å². The van der Waals surface area contributed by atoms with E-state index in [4.69, 9.17) is 46.4 Å². The maximum Gasteiger partial charge on any atom is 0.191 e. The predicted molar refractivity (Wildman–Crippen MR) is 103 cm³/mol. The zero-order valence-corrected chi connectivity index (χ0v) is 15.6. The van der Waals surface area contributed by atoms with E-state index in [1.165, 1.54) is 0 Å². The molecule has 3 rings (SSSR count). The minimum absolute atomic E-state index is 0.142. The SMILES string of the molecule is Clc1ccc(Cl)c(CC(NC2=NCCN2)c2cccc(Cl)c2Cl)c1. The number of hydrogen-bond donors (Lipinski definition) is 2. The first-order valence-corrected chi connectivity index (χ1v) is 8.98. The van der Waals surface area contributed by atoms with Gasteiger partial charge in [0.1, 0.15) is 0 Å². The second-order valence-corrected chi connectivity index (χ2v) is 7.07. The summed E-state index contributed by atoms with van der Waals surface area (Å²) in [6.07, 6.45) is 0.597. The molecule has 1 atom stereocenters. The summed E-state index contributed by atoms with van der Waals surface area (Å²) in [6.45, 7) is 1.56. The zero-order chi connectivity index (χ0) is 17.1. The highest BCUT2D eigenvalue weighted by molar-refractivity contribution is 6.42. The van der Waals surface area contributed by atoms with Crippen molar-refractivity contribution in [2.45, 2.75) is 12.5 Å². The maximum absolute atomic E-state index is 6.42. The average Bonchev–Trinajstić information content (AvgIpc) is 3.06. The van der Waals surface area contributed by atoms with E-state index in [0.717, 1.165) is 30.2 Å². The van der Waals surface area contributed by atoms with Crippen LogP contribution in [0.5, 0.6) is 0 Å². The van der Waals surface area contributed by atoms with E-state index in [9.17, 15) is 0 Å². The Bertz CT molecular complexity index is 776. The highest BCUT2D eigenvalue weighted by Gasteiger charge is 2.20. The van der Waals surface area contributed by atoms with Gasteiger partial charge in [-0.05, 0) is 41.8 Å². The van der Waals surface area contributed by atoms with Crippen molar-refractivity contribution >= 4 is 52.4 Å². The van der Waals surface area contributed by atoms with Crippen molar-refractivity contribution in [1.82, 2.24) is 10.6 Å². The van der Waals surface area contributed by atoms with Crippen LogP contribution in [-0.4, -0.2) is 19.0 Å². The smallest absolute Gasteiger partial charge is 0.191 e. The minimum Gasteiger partial charge on any atom is -0.355 e. The molecule has 1 unspecified atom stereocenters. The van der Waals surface area contributed by atoms with Gasteiger partial charge in [0.2, 0.25) is 0 Å². The Morgan fingerprint density at radius 2 is 1.92 bits per heavy atom. The number of rotatable bonds is 4.